The van der Waals surface area contributed by atoms with Crippen LogP contribution in [0.2, 0.25) is 0 Å². The zero-order valence-corrected chi connectivity index (χ0v) is 15.8. The van der Waals surface area contributed by atoms with Crippen LogP contribution in [0.4, 0.5) is 0 Å². The number of carbonyl (C=O) groups is 1. The fourth-order valence-corrected chi connectivity index (χ4v) is 4.05. The van der Waals surface area contributed by atoms with Gasteiger partial charge in [0.2, 0.25) is 0 Å². The maximum atomic E-state index is 12.3. The van der Waals surface area contributed by atoms with Crippen LogP contribution in [-0.4, -0.2) is 30.3 Å². The van der Waals surface area contributed by atoms with Crippen LogP contribution in [0.15, 0.2) is 47.5 Å². The van der Waals surface area contributed by atoms with Gasteiger partial charge >= 0.3 is 0 Å². The minimum atomic E-state index is -0.197. The molecule has 27 heavy (non-hydrogen) atoms. The van der Waals surface area contributed by atoms with E-state index in [4.69, 9.17) is 14.2 Å². The second-order valence-electron chi connectivity index (χ2n) is 6.01. The summed E-state index contributed by atoms with van der Waals surface area (Å²) in [5.74, 6) is 2.04. The molecular formula is C20H20N2O4S. The van der Waals surface area contributed by atoms with E-state index in [9.17, 15) is 4.79 Å². The Kier molecular flexibility index (Phi) is 5.11. The zero-order valence-electron chi connectivity index (χ0n) is 15.0. The van der Waals surface area contributed by atoms with Crippen LogP contribution in [0.5, 0.6) is 17.2 Å². The van der Waals surface area contributed by atoms with E-state index in [1.807, 2.05) is 54.0 Å². The van der Waals surface area contributed by atoms with Crippen molar-refractivity contribution >= 4 is 27.5 Å². The lowest BCUT2D eigenvalue weighted by molar-refractivity contribution is -0.118. The zero-order chi connectivity index (χ0) is 18.6. The molecule has 2 heterocycles. The Morgan fingerprint density at radius 3 is 2.67 bits per heavy atom. The molecule has 0 fully saturated rings. The predicted molar refractivity (Wildman–Crippen MR) is 104 cm³/mol. The van der Waals surface area contributed by atoms with Gasteiger partial charge in [-0.25, -0.2) is 0 Å². The summed E-state index contributed by atoms with van der Waals surface area (Å²) in [6, 6.07) is 13.4. The fourth-order valence-electron chi connectivity index (χ4n) is 2.93. The average molecular weight is 384 g/mol. The molecule has 6 nitrogen and oxygen atoms in total. The maximum Gasteiger partial charge on any atom is 0.251 e. The van der Waals surface area contributed by atoms with Crippen molar-refractivity contribution in [2.75, 3.05) is 19.8 Å². The van der Waals surface area contributed by atoms with Crippen LogP contribution >= 0.6 is 11.3 Å². The van der Waals surface area contributed by atoms with E-state index in [2.05, 4.69) is 4.99 Å². The molecule has 1 aliphatic heterocycles. The van der Waals surface area contributed by atoms with Crippen LogP contribution in [0.1, 0.15) is 13.3 Å². The number of ether oxygens (including phenoxy) is 3. The molecule has 4 rings (SSSR count). The maximum absolute atomic E-state index is 12.3. The molecule has 3 aromatic rings. The number of aromatic nitrogens is 1. The first kappa shape index (κ1) is 17.6. The molecule has 0 radical (unpaired) electrons. The van der Waals surface area contributed by atoms with Gasteiger partial charge in [0, 0.05) is 18.7 Å². The minimum Gasteiger partial charge on any atom is -0.493 e. The summed E-state index contributed by atoms with van der Waals surface area (Å²) in [6.45, 7) is 4.15. The van der Waals surface area contributed by atoms with Crippen LogP contribution in [0.25, 0.3) is 10.2 Å². The minimum absolute atomic E-state index is 0.197. The van der Waals surface area contributed by atoms with Crippen LogP contribution in [0, 0.1) is 0 Å². The number of benzene rings is 2. The summed E-state index contributed by atoms with van der Waals surface area (Å²) in [7, 11) is 0. The van der Waals surface area contributed by atoms with Crippen LogP contribution < -0.4 is 19.0 Å². The highest BCUT2D eigenvalue weighted by molar-refractivity contribution is 7.16. The number of carbonyl (C=O) groups excluding carboxylic acids is 1. The monoisotopic (exact) mass is 384 g/mol. The number of aryl methyl sites for hydroxylation is 1. The fraction of sp³-hybridized carbons (Fsp3) is 0.300. The van der Waals surface area contributed by atoms with Gasteiger partial charge in [-0.15, -0.1) is 0 Å². The summed E-state index contributed by atoms with van der Waals surface area (Å²) in [5.41, 5.74) is 0.999. The molecule has 1 amide bonds. The highest BCUT2D eigenvalue weighted by Gasteiger charge is 2.16. The van der Waals surface area contributed by atoms with Crippen molar-refractivity contribution in [1.82, 2.24) is 4.57 Å². The van der Waals surface area contributed by atoms with Crippen molar-refractivity contribution in [2.45, 2.75) is 19.9 Å². The van der Waals surface area contributed by atoms with Gasteiger partial charge in [0.1, 0.15) is 19.0 Å². The van der Waals surface area contributed by atoms with E-state index in [0.29, 0.717) is 31.2 Å². The number of fused-ring (bicyclic) bond motifs is 2. The third-order valence-corrected chi connectivity index (χ3v) is 5.25. The molecule has 0 atom stereocenters. The van der Waals surface area contributed by atoms with Crippen molar-refractivity contribution in [3.63, 3.8) is 0 Å². The standard InChI is InChI=1S/C20H20N2O4S/c1-2-22-15-12-16-17(26-11-10-25-16)13-18(15)27-20(22)21-19(23)8-9-24-14-6-4-3-5-7-14/h3-7,12-13H,2,8-11H2,1H3. The summed E-state index contributed by atoms with van der Waals surface area (Å²) in [6.07, 6.45) is 0.232. The lowest BCUT2D eigenvalue weighted by atomic mass is 10.2. The number of para-hydroxylation sites is 1. The molecule has 1 aliphatic rings. The largest absolute Gasteiger partial charge is 0.493 e. The third-order valence-electron chi connectivity index (χ3n) is 4.21. The first-order chi connectivity index (χ1) is 13.2. The van der Waals surface area contributed by atoms with E-state index in [1.165, 1.54) is 11.3 Å². The van der Waals surface area contributed by atoms with Crippen molar-refractivity contribution < 1.29 is 19.0 Å². The van der Waals surface area contributed by atoms with Gasteiger partial charge in [-0.2, -0.15) is 4.99 Å². The molecule has 1 aromatic heterocycles. The summed E-state index contributed by atoms with van der Waals surface area (Å²) in [5, 5.41) is 0. The molecule has 0 bridgehead atoms. The first-order valence-electron chi connectivity index (χ1n) is 8.93. The molecule has 0 unspecified atom stereocenters. The number of amides is 1. The Morgan fingerprint density at radius 1 is 1.19 bits per heavy atom. The summed E-state index contributed by atoms with van der Waals surface area (Å²) >= 11 is 1.48. The summed E-state index contributed by atoms with van der Waals surface area (Å²) < 4.78 is 19.9. The van der Waals surface area contributed by atoms with Gasteiger partial charge in [0.15, 0.2) is 16.3 Å². The molecule has 0 saturated carbocycles. The molecule has 0 saturated heterocycles. The second kappa shape index (κ2) is 7.84. The molecule has 2 aromatic carbocycles. The van der Waals surface area contributed by atoms with Gasteiger partial charge < -0.3 is 18.8 Å². The Morgan fingerprint density at radius 2 is 1.93 bits per heavy atom. The van der Waals surface area contributed by atoms with Crippen molar-refractivity contribution in [3.8, 4) is 17.2 Å². The number of hydrogen-bond acceptors (Lipinski definition) is 5. The van der Waals surface area contributed by atoms with Gasteiger partial charge in [-0.05, 0) is 19.1 Å². The average Bonchev–Trinajstić information content (AvgIpc) is 3.02. The predicted octanol–water partition coefficient (Wildman–Crippen LogP) is 3.39. The van der Waals surface area contributed by atoms with Gasteiger partial charge in [-0.3, -0.25) is 4.79 Å². The normalized spacial score (nSPS) is 13.7. The van der Waals surface area contributed by atoms with E-state index in [0.717, 1.165) is 27.5 Å². The van der Waals surface area contributed by atoms with Crippen molar-refractivity contribution in [2.24, 2.45) is 4.99 Å². The number of nitrogens with zero attached hydrogens (tertiary/aromatic N) is 2. The van der Waals surface area contributed by atoms with Crippen LogP contribution in [0.3, 0.4) is 0 Å². The highest BCUT2D eigenvalue weighted by atomic mass is 32.1. The molecule has 7 heteroatoms. The van der Waals surface area contributed by atoms with Gasteiger partial charge in [0.05, 0.1) is 23.2 Å². The van der Waals surface area contributed by atoms with E-state index < -0.39 is 0 Å². The Bertz CT molecular complexity index is 1020. The molecule has 0 aliphatic carbocycles. The van der Waals surface area contributed by atoms with Gasteiger partial charge in [-0.1, -0.05) is 29.5 Å². The molecule has 0 spiro atoms. The van der Waals surface area contributed by atoms with Crippen LogP contribution in [-0.2, 0) is 11.3 Å². The molecule has 140 valence electrons. The van der Waals surface area contributed by atoms with E-state index in [-0.39, 0.29) is 12.3 Å². The Balaban J connectivity index is 1.55. The number of rotatable bonds is 5. The summed E-state index contributed by atoms with van der Waals surface area (Å²) in [4.78, 5) is 17.3. The highest BCUT2D eigenvalue weighted by Crippen LogP contribution is 2.35. The second-order valence-corrected chi connectivity index (χ2v) is 7.02. The van der Waals surface area contributed by atoms with Crippen molar-refractivity contribution in [3.05, 3.63) is 47.3 Å². The third kappa shape index (κ3) is 3.83. The van der Waals surface area contributed by atoms with E-state index >= 15 is 0 Å². The Hall–Kier alpha value is -2.80. The van der Waals surface area contributed by atoms with Gasteiger partial charge in [0.25, 0.3) is 5.91 Å². The smallest absolute Gasteiger partial charge is 0.251 e. The number of hydrogen-bond donors (Lipinski definition) is 0. The lowest BCUT2D eigenvalue weighted by Crippen LogP contribution is -2.17. The molecular weight excluding hydrogens is 364 g/mol. The Labute approximate surface area is 160 Å². The van der Waals surface area contributed by atoms with E-state index in [1.54, 1.807) is 0 Å². The molecule has 0 N–H and O–H groups in total. The SMILES string of the molecule is CCn1c(=NC(=O)CCOc2ccccc2)sc2cc3c(cc21)OCCO3. The first-order valence-corrected chi connectivity index (χ1v) is 9.74. The lowest BCUT2D eigenvalue weighted by Gasteiger charge is -2.18. The topological polar surface area (TPSA) is 62.1 Å². The quantitative estimate of drug-likeness (QED) is 0.676. The van der Waals surface area contributed by atoms with Crippen molar-refractivity contribution in [1.29, 1.82) is 0 Å². The number of thiazole rings is 1.